The summed E-state index contributed by atoms with van der Waals surface area (Å²) in [5.74, 6) is 0.192. The van der Waals surface area contributed by atoms with Crippen molar-refractivity contribution in [3.63, 3.8) is 0 Å². The summed E-state index contributed by atoms with van der Waals surface area (Å²) in [6.45, 7) is 3.98. The molecule has 3 aromatic carbocycles. The summed E-state index contributed by atoms with van der Waals surface area (Å²) in [5, 5.41) is 2.02. The zero-order chi connectivity index (χ0) is 24.7. The number of carbonyl (C=O) groups excluding carboxylic acids is 1. The fourth-order valence-electron chi connectivity index (χ4n) is 3.53. The number of amides is 1. The van der Waals surface area contributed by atoms with Gasteiger partial charge >= 0.3 is 0 Å². The smallest absolute Gasteiger partial charge is 0.264 e. The summed E-state index contributed by atoms with van der Waals surface area (Å²) >= 11 is 1.64. The monoisotopic (exact) mass is 506 g/mol. The molecule has 0 aliphatic carbocycles. The predicted molar refractivity (Wildman–Crippen MR) is 139 cm³/mol. The maximum atomic E-state index is 12.6. The maximum Gasteiger partial charge on any atom is 0.264 e. The van der Waals surface area contributed by atoms with E-state index in [1.165, 1.54) is 12.1 Å². The fraction of sp³-hybridized carbons (Fsp3) is 0.148. The predicted octanol–water partition coefficient (Wildman–Crippen LogP) is 5.47. The Kier molecular flexibility index (Phi) is 7.84. The van der Waals surface area contributed by atoms with Crippen molar-refractivity contribution < 1.29 is 17.9 Å². The number of thiophene rings is 1. The first-order valence-corrected chi connectivity index (χ1v) is 13.5. The standard InChI is InChI=1S/C27H26N2O4S2/c1-2-29(19-26-25(17-18-34-26)33-20-21-9-5-3-6-10-21)23-15-13-22(14-16-23)27(30)28-35(31,32)24-11-7-4-8-12-24/h3-18H,2,19-20H2,1H3,(H,28,30). The van der Waals surface area contributed by atoms with E-state index in [-0.39, 0.29) is 10.5 Å². The van der Waals surface area contributed by atoms with Gasteiger partial charge in [-0.2, -0.15) is 0 Å². The Morgan fingerprint density at radius 1 is 0.914 bits per heavy atom. The highest BCUT2D eigenvalue weighted by molar-refractivity contribution is 7.90. The van der Waals surface area contributed by atoms with Crippen LogP contribution < -0.4 is 14.4 Å². The van der Waals surface area contributed by atoms with Gasteiger partial charge in [-0.25, -0.2) is 13.1 Å². The Bertz CT molecular complexity index is 1350. The van der Waals surface area contributed by atoms with Crippen molar-refractivity contribution in [3.8, 4) is 5.75 Å². The van der Waals surface area contributed by atoms with E-state index in [1.807, 2.05) is 53.9 Å². The molecule has 1 N–H and O–H groups in total. The second-order valence-electron chi connectivity index (χ2n) is 7.79. The van der Waals surface area contributed by atoms with Crippen molar-refractivity contribution in [1.29, 1.82) is 0 Å². The number of rotatable bonds is 10. The molecule has 0 radical (unpaired) electrons. The average molecular weight is 507 g/mol. The van der Waals surface area contributed by atoms with Gasteiger partial charge in [-0.15, -0.1) is 11.3 Å². The van der Waals surface area contributed by atoms with Crippen LogP contribution in [0, 0.1) is 0 Å². The molecule has 4 rings (SSSR count). The summed E-state index contributed by atoms with van der Waals surface area (Å²) in [6.07, 6.45) is 0. The largest absolute Gasteiger partial charge is 0.488 e. The lowest BCUT2D eigenvalue weighted by Crippen LogP contribution is -2.30. The van der Waals surface area contributed by atoms with E-state index >= 15 is 0 Å². The van der Waals surface area contributed by atoms with Crippen molar-refractivity contribution in [1.82, 2.24) is 4.72 Å². The molecule has 0 atom stereocenters. The number of hydrogen-bond acceptors (Lipinski definition) is 6. The molecular weight excluding hydrogens is 480 g/mol. The molecule has 6 nitrogen and oxygen atoms in total. The number of benzene rings is 3. The van der Waals surface area contributed by atoms with Crippen LogP contribution in [0.15, 0.2) is 101 Å². The summed E-state index contributed by atoms with van der Waals surface area (Å²) in [7, 11) is -3.93. The third-order valence-electron chi connectivity index (χ3n) is 5.43. The molecule has 1 heterocycles. The van der Waals surface area contributed by atoms with Gasteiger partial charge in [0, 0.05) is 17.8 Å². The normalized spacial score (nSPS) is 11.1. The molecule has 8 heteroatoms. The van der Waals surface area contributed by atoms with Crippen molar-refractivity contribution in [3.05, 3.63) is 112 Å². The zero-order valence-corrected chi connectivity index (χ0v) is 20.9. The van der Waals surface area contributed by atoms with Crippen LogP contribution in [0.1, 0.15) is 27.7 Å². The van der Waals surface area contributed by atoms with Gasteiger partial charge in [0.15, 0.2) is 0 Å². The molecule has 0 saturated heterocycles. The molecule has 0 bridgehead atoms. The SMILES string of the molecule is CCN(Cc1sccc1OCc1ccccc1)c1ccc(C(=O)NS(=O)(=O)c2ccccc2)cc1. The Hall–Kier alpha value is -3.62. The van der Waals surface area contributed by atoms with E-state index in [4.69, 9.17) is 4.74 Å². The highest BCUT2D eigenvalue weighted by atomic mass is 32.2. The molecule has 0 spiro atoms. The molecule has 1 aromatic heterocycles. The summed E-state index contributed by atoms with van der Waals surface area (Å²) in [5.41, 5.74) is 2.31. The molecule has 0 aliphatic rings. The molecule has 0 unspecified atom stereocenters. The van der Waals surface area contributed by atoms with Gasteiger partial charge in [0.1, 0.15) is 12.4 Å². The highest BCUT2D eigenvalue weighted by Crippen LogP contribution is 2.29. The maximum absolute atomic E-state index is 12.6. The Morgan fingerprint density at radius 3 is 2.23 bits per heavy atom. The molecule has 4 aromatic rings. The molecule has 180 valence electrons. The van der Waals surface area contributed by atoms with E-state index < -0.39 is 15.9 Å². The fourth-order valence-corrected chi connectivity index (χ4v) is 5.35. The van der Waals surface area contributed by atoms with Crippen LogP contribution >= 0.6 is 11.3 Å². The second-order valence-corrected chi connectivity index (χ2v) is 10.5. The van der Waals surface area contributed by atoms with Gasteiger partial charge in [-0.05, 0) is 60.3 Å². The van der Waals surface area contributed by atoms with Crippen LogP contribution in [0.4, 0.5) is 5.69 Å². The summed E-state index contributed by atoms with van der Waals surface area (Å²) in [4.78, 5) is 15.9. The lowest BCUT2D eigenvalue weighted by Gasteiger charge is -2.23. The number of nitrogens with zero attached hydrogens (tertiary/aromatic N) is 1. The Morgan fingerprint density at radius 2 is 1.57 bits per heavy atom. The first kappa shape index (κ1) is 24.5. The van der Waals surface area contributed by atoms with E-state index in [0.717, 1.165) is 28.4 Å². The second kappa shape index (κ2) is 11.2. The van der Waals surface area contributed by atoms with E-state index in [0.29, 0.717) is 13.2 Å². The molecule has 0 aliphatic heterocycles. The topological polar surface area (TPSA) is 75.7 Å². The van der Waals surface area contributed by atoms with Gasteiger partial charge in [0.25, 0.3) is 15.9 Å². The third-order valence-corrected chi connectivity index (χ3v) is 7.67. The lowest BCUT2D eigenvalue weighted by molar-refractivity contribution is 0.0981. The average Bonchev–Trinajstić information content (AvgIpc) is 3.34. The van der Waals surface area contributed by atoms with E-state index in [9.17, 15) is 13.2 Å². The van der Waals surface area contributed by atoms with Crippen molar-refractivity contribution in [2.75, 3.05) is 11.4 Å². The molecule has 0 saturated carbocycles. The quantitative estimate of drug-likeness (QED) is 0.309. The zero-order valence-electron chi connectivity index (χ0n) is 19.3. The van der Waals surface area contributed by atoms with Crippen LogP contribution in [0.25, 0.3) is 0 Å². The number of carbonyl (C=O) groups is 1. The number of nitrogens with one attached hydrogen (secondary N) is 1. The van der Waals surface area contributed by atoms with Crippen LogP contribution in [-0.2, 0) is 23.2 Å². The van der Waals surface area contributed by atoms with Gasteiger partial charge in [-0.3, -0.25) is 4.79 Å². The number of hydrogen-bond donors (Lipinski definition) is 1. The van der Waals surface area contributed by atoms with Crippen LogP contribution in [-0.4, -0.2) is 20.9 Å². The third kappa shape index (κ3) is 6.29. The van der Waals surface area contributed by atoms with Crippen LogP contribution in [0.2, 0.25) is 0 Å². The molecule has 1 amide bonds. The van der Waals surface area contributed by atoms with Gasteiger partial charge < -0.3 is 9.64 Å². The van der Waals surface area contributed by atoms with Crippen LogP contribution in [0.3, 0.4) is 0 Å². The minimum atomic E-state index is -3.93. The minimum Gasteiger partial charge on any atom is -0.488 e. The number of ether oxygens (including phenoxy) is 1. The van der Waals surface area contributed by atoms with Crippen molar-refractivity contribution in [2.45, 2.75) is 25.0 Å². The van der Waals surface area contributed by atoms with E-state index in [2.05, 4.69) is 16.5 Å². The Labute approximate surface area is 209 Å². The lowest BCUT2D eigenvalue weighted by atomic mass is 10.2. The van der Waals surface area contributed by atoms with E-state index in [1.54, 1.807) is 41.7 Å². The van der Waals surface area contributed by atoms with Crippen LogP contribution in [0.5, 0.6) is 5.75 Å². The molecule has 0 fully saturated rings. The van der Waals surface area contributed by atoms with Crippen molar-refractivity contribution >= 4 is 33.0 Å². The first-order valence-electron chi connectivity index (χ1n) is 11.2. The van der Waals surface area contributed by atoms with Crippen molar-refractivity contribution in [2.24, 2.45) is 0 Å². The molecular formula is C27H26N2O4S2. The van der Waals surface area contributed by atoms with Gasteiger partial charge in [-0.1, -0.05) is 48.5 Å². The first-order chi connectivity index (χ1) is 17.0. The summed E-state index contributed by atoms with van der Waals surface area (Å²) in [6, 6.07) is 26.8. The van der Waals surface area contributed by atoms with Gasteiger partial charge in [0.05, 0.1) is 16.3 Å². The minimum absolute atomic E-state index is 0.0448. The highest BCUT2D eigenvalue weighted by Gasteiger charge is 2.19. The van der Waals surface area contributed by atoms with Gasteiger partial charge in [0.2, 0.25) is 0 Å². The molecule has 35 heavy (non-hydrogen) atoms. The number of anilines is 1. The Balaban J connectivity index is 1.41. The summed E-state index contributed by atoms with van der Waals surface area (Å²) < 4.78 is 33.1. The number of sulfonamides is 1.